The van der Waals surface area contributed by atoms with E-state index in [2.05, 4.69) is 11.8 Å². The van der Waals surface area contributed by atoms with E-state index in [1.54, 1.807) is 19.9 Å². The summed E-state index contributed by atoms with van der Waals surface area (Å²) in [6, 6.07) is 5.13. The summed E-state index contributed by atoms with van der Waals surface area (Å²) in [7, 11) is -2.97. The van der Waals surface area contributed by atoms with Crippen LogP contribution in [0.4, 0.5) is 4.39 Å². The fourth-order valence-electron chi connectivity index (χ4n) is 2.85. The van der Waals surface area contributed by atoms with Crippen molar-refractivity contribution in [2.75, 3.05) is 18.8 Å². The zero-order chi connectivity index (χ0) is 15.6. The van der Waals surface area contributed by atoms with E-state index >= 15 is 0 Å². The Morgan fingerprint density at radius 3 is 2.76 bits per heavy atom. The first-order chi connectivity index (χ1) is 9.81. The molecule has 118 valence electrons. The quantitative estimate of drug-likeness (QED) is 0.839. The summed E-state index contributed by atoms with van der Waals surface area (Å²) >= 11 is 0. The molecule has 0 fully saturated rings. The van der Waals surface area contributed by atoms with Crippen LogP contribution in [0.1, 0.15) is 44.4 Å². The van der Waals surface area contributed by atoms with Crippen LogP contribution in [0.15, 0.2) is 18.2 Å². The maximum atomic E-state index is 13.4. The second kappa shape index (κ2) is 6.44. The fourth-order valence-corrected chi connectivity index (χ4v) is 3.85. The van der Waals surface area contributed by atoms with E-state index in [9.17, 15) is 12.8 Å². The molecule has 0 saturated carbocycles. The van der Waals surface area contributed by atoms with Crippen LogP contribution in [0.5, 0.6) is 0 Å². The molecule has 0 aromatic heterocycles. The molecule has 3 nitrogen and oxygen atoms in total. The highest BCUT2D eigenvalue weighted by atomic mass is 32.2. The molecule has 5 heteroatoms. The fraction of sp³-hybridized carbons (Fsp3) is 0.625. The van der Waals surface area contributed by atoms with Crippen molar-refractivity contribution in [2.24, 2.45) is 0 Å². The van der Waals surface area contributed by atoms with Gasteiger partial charge in [0.05, 0.1) is 11.0 Å². The minimum Gasteiger partial charge on any atom is -0.296 e. The van der Waals surface area contributed by atoms with E-state index in [4.69, 9.17) is 0 Å². The van der Waals surface area contributed by atoms with Crippen molar-refractivity contribution < 1.29 is 12.8 Å². The molecule has 21 heavy (non-hydrogen) atoms. The third-order valence-electron chi connectivity index (χ3n) is 4.37. The van der Waals surface area contributed by atoms with E-state index in [1.165, 1.54) is 11.6 Å². The lowest BCUT2D eigenvalue weighted by molar-refractivity contribution is 0.199. The number of nitrogens with zero attached hydrogens (tertiary/aromatic N) is 1. The van der Waals surface area contributed by atoms with Crippen molar-refractivity contribution in [3.63, 3.8) is 0 Å². The van der Waals surface area contributed by atoms with Crippen molar-refractivity contribution in [1.82, 2.24) is 4.90 Å². The minimum absolute atomic E-state index is 0.145. The van der Waals surface area contributed by atoms with Crippen molar-refractivity contribution >= 4 is 9.84 Å². The molecular formula is C16H24FNO2S. The molecule has 1 atom stereocenters. The normalized spacial score (nSPS) is 19.8. The van der Waals surface area contributed by atoms with Gasteiger partial charge in [-0.25, -0.2) is 12.8 Å². The molecule has 0 spiro atoms. The maximum Gasteiger partial charge on any atom is 0.152 e. The lowest BCUT2D eigenvalue weighted by Gasteiger charge is -2.35. The van der Waals surface area contributed by atoms with E-state index in [1.807, 2.05) is 6.07 Å². The van der Waals surface area contributed by atoms with E-state index in [0.717, 1.165) is 25.1 Å². The van der Waals surface area contributed by atoms with Gasteiger partial charge in [0, 0.05) is 12.6 Å². The van der Waals surface area contributed by atoms with Gasteiger partial charge >= 0.3 is 0 Å². The van der Waals surface area contributed by atoms with Crippen molar-refractivity contribution in [2.45, 2.75) is 44.9 Å². The first-order valence-electron chi connectivity index (χ1n) is 7.55. The van der Waals surface area contributed by atoms with Gasteiger partial charge in [0.2, 0.25) is 0 Å². The number of sulfone groups is 1. The molecular weight excluding hydrogens is 289 g/mol. The Morgan fingerprint density at radius 2 is 2.10 bits per heavy atom. The smallest absolute Gasteiger partial charge is 0.152 e. The Labute approximate surface area is 127 Å². The van der Waals surface area contributed by atoms with Gasteiger partial charge < -0.3 is 0 Å². The Hall–Kier alpha value is -0.940. The van der Waals surface area contributed by atoms with Crippen LogP contribution in [-0.2, 0) is 16.3 Å². The molecule has 2 rings (SSSR count). The van der Waals surface area contributed by atoms with Gasteiger partial charge in [-0.3, -0.25) is 4.90 Å². The highest BCUT2D eigenvalue weighted by molar-refractivity contribution is 7.91. The first-order valence-corrected chi connectivity index (χ1v) is 9.27. The monoisotopic (exact) mass is 313 g/mol. The van der Waals surface area contributed by atoms with Crippen LogP contribution in [0.25, 0.3) is 0 Å². The van der Waals surface area contributed by atoms with Gasteiger partial charge in [-0.1, -0.05) is 6.07 Å². The molecule has 1 heterocycles. The summed E-state index contributed by atoms with van der Waals surface area (Å²) in [6.07, 6.45) is 1.53. The molecule has 0 N–H and O–H groups in total. The summed E-state index contributed by atoms with van der Waals surface area (Å²) in [5.41, 5.74) is 2.24. The number of fused-ring (bicyclic) bond motifs is 1. The molecule has 0 unspecified atom stereocenters. The largest absolute Gasteiger partial charge is 0.296 e. The summed E-state index contributed by atoms with van der Waals surface area (Å²) in [5.74, 6) is 0.0222. The third kappa shape index (κ3) is 3.83. The minimum atomic E-state index is -2.97. The Kier molecular flexibility index (Phi) is 5.04. The summed E-state index contributed by atoms with van der Waals surface area (Å²) in [4.78, 5) is 2.25. The molecule has 0 aliphatic carbocycles. The number of halogens is 1. The van der Waals surface area contributed by atoms with Crippen LogP contribution in [0.3, 0.4) is 0 Å². The Balaban J connectivity index is 1.98. The van der Waals surface area contributed by atoms with Gasteiger partial charge in [0.15, 0.2) is 9.84 Å². The van der Waals surface area contributed by atoms with E-state index < -0.39 is 9.84 Å². The second-order valence-electron chi connectivity index (χ2n) is 6.07. The molecule has 1 aliphatic rings. The average Bonchev–Trinajstić information content (AvgIpc) is 2.41. The summed E-state index contributed by atoms with van der Waals surface area (Å²) in [6.45, 7) is 7.15. The Bertz CT molecular complexity index is 598. The second-order valence-corrected chi connectivity index (χ2v) is 8.75. The average molecular weight is 313 g/mol. The standard InChI is InChI=1S/C16H24FNO2S/c1-12(2)21(19,20)10-4-8-18-9-7-14-5-6-15(17)11-16(14)13(18)3/h5-6,11-13H,4,7-10H2,1-3H3/t13-/m0/s1. The van der Waals surface area contributed by atoms with Gasteiger partial charge in [0.25, 0.3) is 0 Å². The van der Waals surface area contributed by atoms with Crippen molar-refractivity contribution in [3.8, 4) is 0 Å². The first kappa shape index (κ1) is 16.4. The number of rotatable bonds is 5. The topological polar surface area (TPSA) is 37.4 Å². The van der Waals surface area contributed by atoms with Crippen molar-refractivity contribution in [3.05, 3.63) is 35.1 Å². The van der Waals surface area contributed by atoms with Crippen LogP contribution in [0, 0.1) is 5.82 Å². The molecule has 1 aromatic carbocycles. The van der Waals surface area contributed by atoms with Crippen LogP contribution >= 0.6 is 0 Å². The molecule has 0 bridgehead atoms. The highest BCUT2D eigenvalue weighted by Crippen LogP contribution is 2.29. The predicted molar refractivity (Wildman–Crippen MR) is 83.6 cm³/mol. The SMILES string of the molecule is CC(C)S(=O)(=O)CCCN1CCc2ccc(F)cc2[C@@H]1C. The number of hydrogen-bond acceptors (Lipinski definition) is 3. The lowest BCUT2D eigenvalue weighted by atomic mass is 9.93. The van der Waals surface area contributed by atoms with Gasteiger partial charge in [-0.15, -0.1) is 0 Å². The van der Waals surface area contributed by atoms with Crippen molar-refractivity contribution in [1.29, 1.82) is 0 Å². The number of hydrogen-bond donors (Lipinski definition) is 0. The zero-order valence-corrected chi connectivity index (χ0v) is 13.8. The van der Waals surface area contributed by atoms with Crippen LogP contribution in [0.2, 0.25) is 0 Å². The van der Waals surface area contributed by atoms with E-state index in [0.29, 0.717) is 6.42 Å². The van der Waals surface area contributed by atoms with E-state index in [-0.39, 0.29) is 22.9 Å². The molecule has 0 saturated heterocycles. The molecule has 0 radical (unpaired) electrons. The maximum absolute atomic E-state index is 13.4. The highest BCUT2D eigenvalue weighted by Gasteiger charge is 2.24. The molecule has 1 aliphatic heterocycles. The predicted octanol–water partition coefficient (Wildman–Crippen LogP) is 2.96. The van der Waals surface area contributed by atoms with Gasteiger partial charge in [-0.2, -0.15) is 0 Å². The van der Waals surface area contributed by atoms with Gasteiger partial charge in [0.1, 0.15) is 5.82 Å². The lowest BCUT2D eigenvalue weighted by Crippen LogP contribution is -2.35. The van der Waals surface area contributed by atoms with Crippen LogP contribution < -0.4 is 0 Å². The molecule has 0 amide bonds. The number of benzene rings is 1. The van der Waals surface area contributed by atoms with Crippen LogP contribution in [-0.4, -0.2) is 37.4 Å². The van der Waals surface area contributed by atoms with Gasteiger partial charge in [-0.05, 0) is 63.4 Å². The summed E-state index contributed by atoms with van der Waals surface area (Å²) < 4.78 is 37.1. The summed E-state index contributed by atoms with van der Waals surface area (Å²) in [5, 5.41) is -0.314. The third-order valence-corrected chi connectivity index (χ3v) is 6.66. The molecule has 1 aromatic rings. The zero-order valence-electron chi connectivity index (χ0n) is 13.0. The Morgan fingerprint density at radius 1 is 1.38 bits per heavy atom.